The fourth-order valence-electron chi connectivity index (χ4n) is 0.0605. The molecule has 0 aliphatic rings. The molecule has 0 amide bonds. The Morgan fingerprint density at radius 1 is 2.00 bits per heavy atom. The van der Waals surface area contributed by atoms with Crippen LogP contribution in [0.15, 0.2) is 5.11 Å². The van der Waals surface area contributed by atoms with Gasteiger partial charge in [-0.1, -0.05) is 0 Å². The molecule has 0 unspecified atom stereocenters. The number of aliphatic carboxylic acids is 1. The second kappa shape index (κ2) is 2.32. The van der Waals surface area contributed by atoms with Crippen LogP contribution in [0.3, 0.4) is 0 Å². The van der Waals surface area contributed by atoms with E-state index in [0.29, 0.717) is 0 Å². The quantitative estimate of drug-likeness (QED) is 0.485. The van der Waals surface area contributed by atoms with Gasteiger partial charge in [-0.15, -0.1) is 0 Å². The molecule has 0 atom stereocenters. The first kappa shape index (κ1) is 5.07. The molecule has 0 rings (SSSR count). The normalized spacial score (nSPS) is 7.33. The average molecular weight is 87.1 g/mol. The first-order valence-electron chi connectivity index (χ1n) is 1.30. The van der Waals surface area contributed by atoms with Gasteiger partial charge in [0.05, 0.1) is 0 Å². The van der Waals surface area contributed by atoms with Crippen molar-refractivity contribution in [3.05, 3.63) is 5.53 Å². The van der Waals surface area contributed by atoms with Crippen LogP contribution in [0.1, 0.15) is 0 Å². The molecule has 4 heteroatoms. The molecule has 0 radical (unpaired) electrons. The lowest BCUT2D eigenvalue weighted by atomic mass is 10.7. The molecule has 0 aromatic carbocycles. The first-order valence-corrected chi connectivity index (χ1v) is 1.30. The van der Waals surface area contributed by atoms with Crippen LogP contribution in [0.2, 0.25) is 0 Å². The number of carboxylic acids is 1. The highest BCUT2D eigenvalue weighted by molar-refractivity contribution is 5.69. The maximum atomic E-state index is 9.35. The van der Waals surface area contributed by atoms with Crippen molar-refractivity contribution in [1.29, 1.82) is 0 Å². The maximum absolute atomic E-state index is 9.35. The molecular formula is C2H3N2O2-. The van der Waals surface area contributed by atoms with Crippen LogP contribution >= 0.6 is 0 Å². The van der Waals surface area contributed by atoms with Crippen molar-refractivity contribution < 1.29 is 9.90 Å². The zero-order valence-corrected chi connectivity index (χ0v) is 2.96. The van der Waals surface area contributed by atoms with Crippen molar-refractivity contribution in [2.24, 2.45) is 5.11 Å². The predicted molar refractivity (Wildman–Crippen MR) is 18.3 cm³/mol. The zero-order valence-electron chi connectivity index (χ0n) is 2.96. The molecule has 34 valence electrons. The van der Waals surface area contributed by atoms with Crippen LogP contribution in [0.25, 0.3) is 5.53 Å². The van der Waals surface area contributed by atoms with E-state index in [2.05, 4.69) is 5.11 Å². The highest BCUT2D eigenvalue weighted by Gasteiger charge is 1.82. The molecule has 0 fully saturated rings. The molecular weight excluding hydrogens is 84.0 g/mol. The van der Waals surface area contributed by atoms with Crippen LogP contribution in [-0.2, 0) is 4.79 Å². The van der Waals surface area contributed by atoms with E-state index >= 15 is 0 Å². The summed E-state index contributed by atoms with van der Waals surface area (Å²) in [5, 5.41) is 10.00. The monoisotopic (exact) mass is 87.0 g/mol. The van der Waals surface area contributed by atoms with E-state index in [1.54, 1.807) is 0 Å². The SMILES string of the molecule is [N-]=NCC(=O)O. The van der Waals surface area contributed by atoms with Crippen LogP contribution in [0.5, 0.6) is 0 Å². The van der Waals surface area contributed by atoms with E-state index in [0.717, 1.165) is 0 Å². The molecule has 1 N–H and O–H groups in total. The number of nitrogens with zero attached hydrogens (tertiary/aromatic N) is 2. The van der Waals surface area contributed by atoms with Gasteiger partial charge in [-0.2, -0.15) is 0 Å². The Kier molecular flexibility index (Phi) is 1.96. The summed E-state index contributed by atoms with van der Waals surface area (Å²) >= 11 is 0. The summed E-state index contributed by atoms with van der Waals surface area (Å²) in [6, 6.07) is 0. The predicted octanol–water partition coefficient (Wildman–Crippen LogP) is 0.0926. The number of hydrogen-bond donors (Lipinski definition) is 1. The molecule has 0 aliphatic heterocycles. The van der Waals surface area contributed by atoms with Gasteiger partial charge in [0.1, 0.15) is 6.54 Å². The minimum atomic E-state index is -1.13. The summed E-state index contributed by atoms with van der Waals surface area (Å²) in [6.07, 6.45) is 0. The van der Waals surface area contributed by atoms with Gasteiger partial charge in [0.2, 0.25) is 0 Å². The van der Waals surface area contributed by atoms with Gasteiger partial charge < -0.3 is 15.8 Å². The Balaban J connectivity index is 3.05. The van der Waals surface area contributed by atoms with E-state index in [-0.39, 0.29) is 0 Å². The lowest BCUT2D eigenvalue weighted by Crippen LogP contribution is -1.96. The van der Waals surface area contributed by atoms with Gasteiger partial charge in [0.15, 0.2) is 0 Å². The van der Waals surface area contributed by atoms with Crippen LogP contribution in [0.4, 0.5) is 0 Å². The molecule has 0 bridgehead atoms. The molecule has 0 saturated heterocycles. The molecule has 0 aromatic heterocycles. The third-order valence-electron chi connectivity index (χ3n) is 0.206. The van der Waals surface area contributed by atoms with E-state index in [4.69, 9.17) is 10.6 Å². The summed E-state index contributed by atoms with van der Waals surface area (Å²) in [4.78, 5) is 9.35. The average Bonchev–Trinajstić information content (AvgIpc) is 1.35. The lowest BCUT2D eigenvalue weighted by molar-refractivity contribution is -0.135. The van der Waals surface area contributed by atoms with E-state index in [9.17, 15) is 4.79 Å². The molecule has 4 nitrogen and oxygen atoms in total. The molecule has 0 saturated carbocycles. The summed E-state index contributed by atoms with van der Waals surface area (Å²) in [5.74, 6) is -1.13. The summed E-state index contributed by atoms with van der Waals surface area (Å²) in [7, 11) is 0. The first-order chi connectivity index (χ1) is 2.77. The Morgan fingerprint density at radius 2 is 2.50 bits per heavy atom. The zero-order chi connectivity index (χ0) is 4.99. The molecule has 6 heavy (non-hydrogen) atoms. The highest BCUT2D eigenvalue weighted by atomic mass is 16.4. The van der Waals surface area contributed by atoms with Crippen LogP contribution in [0, 0.1) is 0 Å². The Hall–Kier alpha value is -0.930. The topological polar surface area (TPSA) is 72.0 Å². The van der Waals surface area contributed by atoms with E-state index in [1.807, 2.05) is 0 Å². The number of rotatable bonds is 2. The second-order valence-corrected chi connectivity index (χ2v) is 0.693. The number of carboxylic acid groups (broad SMARTS) is 1. The summed E-state index contributed by atoms with van der Waals surface area (Å²) in [5.41, 5.74) is 7.48. The van der Waals surface area contributed by atoms with Crippen molar-refractivity contribution >= 4 is 5.97 Å². The maximum Gasteiger partial charge on any atom is 0.323 e. The lowest BCUT2D eigenvalue weighted by Gasteiger charge is -1.83. The second-order valence-electron chi connectivity index (χ2n) is 0.693. The van der Waals surface area contributed by atoms with Crippen LogP contribution in [-0.4, -0.2) is 17.6 Å². The van der Waals surface area contributed by atoms with Gasteiger partial charge in [0, 0.05) is 0 Å². The minimum Gasteiger partial charge on any atom is -0.711 e. The molecule has 0 aromatic rings. The van der Waals surface area contributed by atoms with Crippen LogP contribution < -0.4 is 0 Å². The van der Waals surface area contributed by atoms with Crippen molar-refractivity contribution in [3.63, 3.8) is 0 Å². The Labute approximate surface area is 34.3 Å². The van der Waals surface area contributed by atoms with Gasteiger partial charge in [-0.25, -0.2) is 0 Å². The standard InChI is InChI=1S/C2H3N2O2/c3-4-1-2(5)6/h1H2,(H,5,6)/q-1. The van der Waals surface area contributed by atoms with Gasteiger partial charge >= 0.3 is 5.97 Å². The van der Waals surface area contributed by atoms with Gasteiger partial charge in [0.25, 0.3) is 0 Å². The number of carbonyl (C=O) groups is 1. The fourth-order valence-corrected chi connectivity index (χ4v) is 0.0605. The number of hydrogen-bond acceptors (Lipinski definition) is 2. The minimum absolute atomic E-state index is 0.528. The Bertz CT molecular complexity index is 69.9. The third-order valence-corrected chi connectivity index (χ3v) is 0.206. The Morgan fingerprint density at radius 3 is 2.50 bits per heavy atom. The largest absolute Gasteiger partial charge is 0.711 e. The van der Waals surface area contributed by atoms with Crippen molar-refractivity contribution in [1.82, 2.24) is 0 Å². The van der Waals surface area contributed by atoms with Gasteiger partial charge in [-0.3, -0.25) is 4.79 Å². The highest BCUT2D eigenvalue weighted by Crippen LogP contribution is 1.63. The summed E-state index contributed by atoms with van der Waals surface area (Å²) in [6.45, 7) is -0.528. The molecule has 0 aliphatic carbocycles. The van der Waals surface area contributed by atoms with E-state index in [1.165, 1.54) is 0 Å². The van der Waals surface area contributed by atoms with Crippen molar-refractivity contribution in [2.75, 3.05) is 6.54 Å². The third kappa shape index (κ3) is 3.07. The smallest absolute Gasteiger partial charge is 0.323 e. The van der Waals surface area contributed by atoms with Crippen molar-refractivity contribution in [3.8, 4) is 0 Å². The summed E-state index contributed by atoms with van der Waals surface area (Å²) < 4.78 is 0. The fraction of sp³-hybridized carbons (Fsp3) is 0.500. The molecule has 0 spiro atoms. The molecule has 0 heterocycles. The van der Waals surface area contributed by atoms with E-state index < -0.39 is 12.5 Å². The van der Waals surface area contributed by atoms with Gasteiger partial charge in [-0.05, 0) is 0 Å². The van der Waals surface area contributed by atoms with Crippen molar-refractivity contribution in [2.45, 2.75) is 0 Å².